The van der Waals surface area contributed by atoms with Crippen molar-refractivity contribution in [3.05, 3.63) is 29.3 Å². The minimum atomic E-state index is -0.740. The van der Waals surface area contributed by atoms with Crippen LogP contribution in [0.3, 0.4) is 0 Å². The second-order valence-corrected chi connectivity index (χ2v) is 5.54. The van der Waals surface area contributed by atoms with Crippen LogP contribution in [0.5, 0.6) is 0 Å². The van der Waals surface area contributed by atoms with Crippen molar-refractivity contribution in [2.75, 3.05) is 11.9 Å². The first-order chi connectivity index (χ1) is 9.07. The van der Waals surface area contributed by atoms with Gasteiger partial charge < -0.3 is 15.7 Å². The van der Waals surface area contributed by atoms with Crippen molar-refractivity contribution < 1.29 is 9.90 Å². The SMILES string of the molecule is O=C(NCC1(O)CCCCC1)Nc1ccc(Cl)cc1. The molecule has 1 saturated carbocycles. The van der Waals surface area contributed by atoms with Gasteiger partial charge in [-0.3, -0.25) is 0 Å². The van der Waals surface area contributed by atoms with Crippen molar-refractivity contribution in [2.24, 2.45) is 0 Å². The number of carbonyl (C=O) groups excluding carboxylic acids is 1. The Morgan fingerprint density at radius 3 is 2.47 bits per heavy atom. The lowest BCUT2D eigenvalue weighted by Crippen LogP contribution is -2.45. The van der Waals surface area contributed by atoms with Crippen LogP contribution in [0.4, 0.5) is 10.5 Å². The molecular weight excluding hydrogens is 264 g/mol. The summed E-state index contributed by atoms with van der Waals surface area (Å²) in [5.74, 6) is 0. The third kappa shape index (κ3) is 4.40. The molecule has 0 aromatic heterocycles. The first-order valence-corrected chi connectivity index (χ1v) is 6.98. The Labute approximate surface area is 118 Å². The molecule has 1 aliphatic carbocycles. The lowest BCUT2D eigenvalue weighted by atomic mass is 9.85. The van der Waals surface area contributed by atoms with Crippen molar-refractivity contribution in [1.29, 1.82) is 0 Å². The standard InChI is InChI=1S/C14H19ClN2O2/c15-11-4-6-12(7-5-11)17-13(18)16-10-14(19)8-2-1-3-9-14/h4-7,19H,1-3,8-10H2,(H2,16,17,18). The second kappa shape index (κ2) is 6.26. The van der Waals surface area contributed by atoms with Crippen LogP contribution in [0.1, 0.15) is 32.1 Å². The summed E-state index contributed by atoms with van der Waals surface area (Å²) < 4.78 is 0. The number of carbonyl (C=O) groups is 1. The summed E-state index contributed by atoms with van der Waals surface area (Å²) in [5.41, 5.74) is -0.0622. The first-order valence-electron chi connectivity index (χ1n) is 6.60. The van der Waals surface area contributed by atoms with Gasteiger partial charge in [-0.1, -0.05) is 30.9 Å². The average molecular weight is 283 g/mol. The van der Waals surface area contributed by atoms with Gasteiger partial charge in [0.2, 0.25) is 0 Å². The highest BCUT2D eigenvalue weighted by Crippen LogP contribution is 2.27. The smallest absolute Gasteiger partial charge is 0.319 e. The van der Waals surface area contributed by atoms with Gasteiger partial charge in [0.25, 0.3) is 0 Å². The number of hydrogen-bond acceptors (Lipinski definition) is 2. The molecule has 1 fully saturated rings. The lowest BCUT2D eigenvalue weighted by molar-refractivity contribution is 0.00755. The Morgan fingerprint density at radius 2 is 1.84 bits per heavy atom. The number of amides is 2. The van der Waals surface area contributed by atoms with E-state index in [2.05, 4.69) is 10.6 Å². The Morgan fingerprint density at radius 1 is 1.21 bits per heavy atom. The van der Waals surface area contributed by atoms with E-state index in [1.54, 1.807) is 24.3 Å². The fraction of sp³-hybridized carbons (Fsp3) is 0.500. The maximum atomic E-state index is 11.7. The van der Waals surface area contributed by atoms with Crippen molar-refractivity contribution in [3.8, 4) is 0 Å². The number of hydrogen-bond donors (Lipinski definition) is 3. The van der Waals surface area contributed by atoms with E-state index in [-0.39, 0.29) is 6.03 Å². The Bertz CT molecular complexity index is 428. The molecule has 1 aliphatic rings. The molecule has 0 atom stereocenters. The molecule has 2 rings (SSSR count). The molecule has 2 amide bonds. The minimum absolute atomic E-state index is 0.298. The van der Waals surface area contributed by atoms with Crippen molar-refractivity contribution in [3.63, 3.8) is 0 Å². The summed E-state index contributed by atoms with van der Waals surface area (Å²) in [6.07, 6.45) is 4.73. The molecule has 0 bridgehead atoms. The molecule has 0 unspecified atom stereocenters. The number of urea groups is 1. The molecule has 4 nitrogen and oxygen atoms in total. The van der Waals surface area contributed by atoms with Gasteiger partial charge in [0.15, 0.2) is 0 Å². The first kappa shape index (κ1) is 14.2. The van der Waals surface area contributed by atoms with E-state index >= 15 is 0 Å². The molecule has 1 aromatic carbocycles. The van der Waals surface area contributed by atoms with Crippen LogP contribution in [-0.4, -0.2) is 23.3 Å². The van der Waals surface area contributed by atoms with Crippen LogP contribution in [0.25, 0.3) is 0 Å². The van der Waals surface area contributed by atoms with E-state index in [1.807, 2.05) is 0 Å². The lowest BCUT2D eigenvalue weighted by Gasteiger charge is -2.32. The largest absolute Gasteiger partial charge is 0.388 e. The topological polar surface area (TPSA) is 61.4 Å². The van der Waals surface area contributed by atoms with Gasteiger partial charge in [0, 0.05) is 17.3 Å². The van der Waals surface area contributed by atoms with Crippen LogP contribution in [-0.2, 0) is 0 Å². The highest BCUT2D eigenvalue weighted by molar-refractivity contribution is 6.30. The third-order valence-electron chi connectivity index (χ3n) is 3.46. The maximum Gasteiger partial charge on any atom is 0.319 e. The summed E-state index contributed by atoms with van der Waals surface area (Å²) in [6.45, 7) is 0.298. The van der Waals surface area contributed by atoms with Crippen LogP contribution in [0, 0.1) is 0 Å². The molecule has 104 valence electrons. The predicted octanol–water partition coefficient (Wildman–Crippen LogP) is 3.16. The van der Waals surface area contributed by atoms with Crippen molar-refractivity contribution in [2.45, 2.75) is 37.7 Å². The number of anilines is 1. The fourth-order valence-corrected chi connectivity index (χ4v) is 2.47. The monoisotopic (exact) mass is 282 g/mol. The molecule has 5 heteroatoms. The second-order valence-electron chi connectivity index (χ2n) is 5.10. The van der Waals surface area contributed by atoms with E-state index in [0.29, 0.717) is 17.3 Å². The van der Waals surface area contributed by atoms with Crippen LogP contribution in [0.15, 0.2) is 24.3 Å². The number of aliphatic hydroxyl groups is 1. The number of rotatable bonds is 3. The molecule has 3 N–H and O–H groups in total. The van der Waals surface area contributed by atoms with Crippen LogP contribution in [0.2, 0.25) is 5.02 Å². The van der Waals surface area contributed by atoms with Gasteiger partial charge >= 0.3 is 6.03 Å². The molecule has 0 spiro atoms. The summed E-state index contributed by atoms with van der Waals surface area (Å²) in [5, 5.41) is 16.3. The van der Waals surface area contributed by atoms with Gasteiger partial charge in [-0.2, -0.15) is 0 Å². The van der Waals surface area contributed by atoms with Crippen LogP contribution < -0.4 is 10.6 Å². The van der Waals surface area contributed by atoms with E-state index in [1.165, 1.54) is 6.42 Å². The number of halogens is 1. The summed E-state index contributed by atoms with van der Waals surface area (Å²) in [4.78, 5) is 11.7. The normalized spacial score (nSPS) is 17.8. The van der Waals surface area contributed by atoms with Gasteiger partial charge in [-0.25, -0.2) is 4.79 Å². The summed E-state index contributed by atoms with van der Waals surface area (Å²) in [6, 6.07) is 6.59. The van der Waals surface area contributed by atoms with Crippen molar-refractivity contribution >= 4 is 23.3 Å². The molecule has 0 heterocycles. The zero-order valence-corrected chi connectivity index (χ0v) is 11.5. The average Bonchev–Trinajstić information content (AvgIpc) is 2.40. The van der Waals surface area contributed by atoms with E-state index < -0.39 is 5.60 Å². The quantitative estimate of drug-likeness (QED) is 0.797. The zero-order valence-electron chi connectivity index (χ0n) is 10.8. The zero-order chi connectivity index (χ0) is 13.7. The summed E-state index contributed by atoms with van der Waals surface area (Å²) in [7, 11) is 0. The van der Waals surface area contributed by atoms with E-state index in [4.69, 9.17) is 11.6 Å². The number of nitrogens with one attached hydrogen (secondary N) is 2. The van der Waals surface area contributed by atoms with E-state index in [9.17, 15) is 9.90 Å². The molecule has 1 aromatic rings. The maximum absolute atomic E-state index is 11.7. The Balaban J connectivity index is 1.79. The van der Waals surface area contributed by atoms with Gasteiger partial charge in [0.1, 0.15) is 0 Å². The minimum Gasteiger partial charge on any atom is -0.388 e. The Kier molecular flexibility index (Phi) is 4.66. The Hall–Kier alpha value is -1.26. The highest BCUT2D eigenvalue weighted by Gasteiger charge is 2.29. The van der Waals surface area contributed by atoms with Gasteiger partial charge in [-0.15, -0.1) is 0 Å². The van der Waals surface area contributed by atoms with Gasteiger partial charge in [0.05, 0.1) is 5.60 Å². The number of benzene rings is 1. The molecule has 19 heavy (non-hydrogen) atoms. The summed E-state index contributed by atoms with van der Waals surface area (Å²) >= 11 is 5.77. The molecular formula is C14H19ClN2O2. The third-order valence-corrected chi connectivity index (χ3v) is 3.72. The van der Waals surface area contributed by atoms with Crippen LogP contribution >= 0.6 is 11.6 Å². The predicted molar refractivity (Wildman–Crippen MR) is 76.5 cm³/mol. The molecule has 0 aliphatic heterocycles. The van der Waals surface area contributed by atoms with E-state index in [0.717, 1.165) is 25.7 Å². The molecule has 0 saturated heterocycles. The molecule has 0 radical (unpaired) electrons. The highest BCUT2D eigenvalue weighted by atomic mass is 35.5. The van der Waals surface area contributed by atoms with Crippen molar-refractivity contribution in [1.82, 2.24) is 5.32 Å². The fourth-order valence-electron chi connectivity index (χ4n) is 2.34. The van der Waals surface area contributed by atoms with Gasteiger partial charge in [-0.05, 0) is 37.1 Å².